The number of nitrogens with one attached hydrogen (secondary N) is 3. The highest BCUT2D eigenvalue weighted by Gasteiger charge is 2.25. The molecule has 10 heteroatoms. The van der Waals surface area contributed by atoms with Gasteiger partial charge in [0, 0.05) is 38.2 Å². The lowest BCUT2D eigenvalue weighted by atomic mass is 10.1. The number of fused-ring (bicyclic) bond motifs is 1. The molecule has 1 aliphatic heterocycles. The SMILES string of the molecule is CNC(=O)c1ccc(NCC#Cc2cc3cc(CNC4CCOCC4)ccc3n2C(F)C(F)F)cn1. The maximum Gasteiger partial charge on any atom is 0.288 e. The molecule has 3 aromatic rings. The highest BCUT2D eigenvalue weighted by atomic mass is 19.3. The van der Waals surface area contributed by atoms with Gasteiger partial charge >= 0.3 is 0 Å². The highest BCUT2D eigenvalue weighted by molar-refractivity contribution is 5.92. The van der Waals surface area contributed by atoms with E-state index in [0.717, 1.165) is 36.2 Å². The van der Waals surface area contributed by atoms with Crippen LogP contribution >= 0.6 is 0 Å². The Morgan fingerprint density at radius 2 is 2.00 bits per heavy atom. The molecule has 2 aromatic heterocycles. The lowest BCUT2D eigenvalue weighted by molar-refractivity contribution is 0.0102. The monoisotopic (exact) mass is 499 g/mol. The number of carbonyl (C=O) groups excluding carboxylic acids is 1. The molecular weight excluding hydrogens is 471 g/mol. The molecule has 190 valence electrons. The van der Waals surface area contributed by atoms with Gasteiger partial charge < -0.3 is 20.7 Å². The molecular formula is C26H28F3N5O2. The molecule has 7 nitrogen and oxygen atoms in total. The second-order valence-electron chi connectivity index (χ2n) is 8.43. The Labute approximate surface area is 207 Å². The minimum absolute atomic E-state index is 0.169. The summed E-state index contributed by atoms with van der Waals surface area (Å²) in [7, 11) is 1.52. The van der Waals surface area contributed by atoms with Crippen molar-refractivity contribution in [2.75, 3.05) is 32.1 Å². The topological polar surface area (TPSA) is 80.2 Å². The van der Waals surface area contributed by atoms with E-state index in [-0.39, 0.29) is 23.8 Å². The molecule has 0 aliphatic carbocycles. The first-order valence-electron chi connectivity index (χ1n) is 11.7. The van der Waals surface area contributed by atoms with E-state index < -0.39 is 12.7 Å². The van der Waals surface area contributed by atoms with Gasteiger partial charge in [0.05, 0.1) is 29.6 Å². The molecule has 4 rings (SSSR count). The van der Waals surface area contributed by atoms with Gasteiger partial charge in [0.25, 0.3) is 12.3 Å². The number of anilines is 1. The van der Waals surface area contributed by atoms with Crippen molar-refractivity contribution in [3.63, 3.8) is 0 Å². The van der Waals surface area contributed by atoms with Crippen LogP contribution in [0.25, 0.3) is 10.9 Å². The predicted molar refractivity (Wildman–Crippen MR) is 132 cm³/mol. The Hall–Kier alpha value is -3.55. The molecule has 1 atom stereocenters. The first kappa shape index (κ1) is 25.5. The normalized spacial score (nSPS) is 14.9. The minimum Gasteiger partial charge on any atom is -0.381 e. The van der Waals surface area contributed by atoms with Crippen molar-refractivity contribution in [1.82, 2.24) is 20.2 Å². The number of carbonyl (C=O) groups is 1. The maximum atomic E-state index is 14.5. The summed E-state index contributed by atoms with van der Waals surface area (Å²) in [4.78, 5) is 15.6. The minimum atomic E-state index is -3.18. The molecule has 3 N–H and O–H groups in total. The van der Waals surface area contributed by atoms with Crippen LogP contribution in [-0.2, 0) is 11.3 Å². The van der Waals surface area contributed by atoms with Crippen molar-refractivity contribution in [3.05, 3.63) is 59.5 Å². The van der Waals surface area contributed by atoms with Crippen LogP contribution in [0.1, 0.15) is 40.9 Å². The number of nitrogens with zero attached hydrogens (tertiary/aromatic N) is 2. The van der Waals surface area contributed by atoms with Gasteiger partial charge in [-0.15, -0.1) is 0 Å². The van der Waals surface area contributed by atoms with E-state index >= 15 is 0 Å². The summed E-state index contributed by atoms with van der Waals surface area (Å²) >= 11 is 0. The molecule has 3 heterocycles. The van der Waals surface area contributed by atoms with Crippen molar-refractivity contribution < 1.29 is 22.7 Å². The molecule has 0 bridgehead atoms. The van der Waals surface area contributed by atoms with Crippen molar-refractivity contribution in [1.29, 1.82) is 0 Å². The quantitative estimate of drug-likeness (QED) is 0.410. The Morgan fingerprint density at radius 1 is 1.19 bits per heavy atom. The molecule has 0 saturated carbocycles. The summed E-state index contributed by atoms with van der Waals surface area (Å²) in [5.74, 6) is 5.37. The molecule has 36 heavy (non-hydrogen) atoms. The van der Waals surface area contributed by atoms with E-state index in [1.165, 1.54) is 13.2 Å². The number of alkyl halides is 3. The Bertz CT molecular complexity index is 1240. The number of amides is 1. The second-order valence-corrected chi connectivity index (χ2v) is 8.43. The second kappa shape index (κ2) is 11.9. The molecule has 1 fully saturated rings. The smallest absolute Gasteiger partial charge is 0.288 e. The molecule has 1 saturated heterocycles. The lowest BCUT2D eigenvalue weighted by Crippen LogP contribution is -2.34. The van der Waals surface area contributed by atoms with Crippen LogP contribution in [0.2, 0.25) is 0 Å². The molecule has 1 amide bonds. The lowest BCUT2D eigenvalue weighted by Gasteiger charge is -2.23. The predicted octanol–water partition coefficient (Wildman–Crippen LogP) is 3.86. The van der Waals surface area contributed by atoms with Crippen LogP contribution in [0.5, 0.6) is 0 Å². The fraction of sp³-hybridized carbons (Fsp3) is 0.385. The van der Waals surface area contributed by atoms with Gasteiger partial charge in [0.2, 0.25) is 6.30 Å². The fourth-order valence-corrected chi connectivity index (χ4v) is 4.08. The van der Waals surface area contributed by atoms with Crippen LogP contribution in [0, 0.1) is 11.8 Å². The first-order valence-corrected chi connectivity index (χ1v) is 11.7. The van der Waals surface area contributed by atoms with Gasteiger partial charge in [0.1, 0.15) is 5.69 Å². The number of rotatable bonds is 8. The van der Waals surface area contributed by atoms with E-state index in [9.17, 15) is 18.0 Å². The van der Waals surface area contributed by atoms with Crippen LogP contribution in [-0.4, -0.2) is 54.7 Å². The molecule has 1 aliphatic rings. The van der Waals surface area contributed by atoms with Crippen molar-refractivity contribution in [2.24, 2.45) is 0 Å². The van der Waals surface area contributed by atoms with Crippen LogP contribution in [0.4, 0.5) is 18.9 Å². The van der Waals surface area contributed by atoms with Crippen molar-refractivity contribution in [3.8, 4) is 11.8 Å². The van der Waals surface area contributed by atoms with Gasteiger partial charge in [0.15, 0.2) is 0 Å². The fourth-order valence-electron chi connectivity index (χ4n) is 4.08. The number of ether oxygens (including phenoxy) is 1. The number of aromatic nitrogens is 2. The largest absolute Gasteiger partial charge is 0.381 e. The molecule has 1 unspecified atom stereocenters. The van der Waals surface area contributed by atoms with Crippen molar-refractivity contribution in [2.45, 2.75) is 38.1 Å². The summed E-state index contributed by atoms with van der Waals surface area (Å²) in [5.41, 5.74) is 2.43. The first-order chi connectivity index (χ1) is 17.5. The molecule has 0 radical (unpaired) electrons. The van der Waals surface area contributed by atoms with Gasteiger partial charge in [-0.25, -0.2) is 18.2 Å². The van der Waals surface area contributed by atoms with Gasteiger partial charge in [-0.3, -0.25) is 9.36 Å². The number of benzene rings is 1. The zero-order valence-corrected chi connectivity index (χ0v) is 19.9. The van der Waals surface area contributed by atoms with Crippen LogP contribution in [0.15, 0.2) is 42.6 Å². The zero-order chi connectivity index (χ0) is 25.5. The van der Waals surface area contributed by atoms with E-state index in [0.29, 0.717) is 29.2 Å². The Morgan fingerprint density at radius 3 is 2.69 bits per heavy atom. The number of halogens is 3. The van der Waals surface area contributed by atoms with Gasteiger partial charge in [-0.2, -0.15) is 0 Å². The summed E-state index contributed by atoms with van der Waals surface area (Å²) in [6, 6.07) is 10.6. The molecule has 1 aromatic carbocycles. The number of pyridine rings is 1. The Balaban J connectivity index is 1.49. The Kier molecular flexibility index (Phi) is 8.46. The number of hydrogen-bond donors (Lipinski definition) is 3. The van der Waals surface area contributed by atoms with E-state index in [1.807, 2.05) is 12.1 Å². The zero-order valence-electron chi connectivity index (χ0n) is 19.9. The average Bonchev–Trinajstić information content (AvgIpc) is 3.27. The van der Waals surface area contributed by atoms with E-state index in [2.05, 4.69) is 32.8 Å². The standard InChI is InChI=1S/C26H28F3N5O2/c1-30-26(35)22-6-5-20(16-33-22)31-10-2-3-21-14-18-13-17(15-32-19-8-11-36-12-9-19)4-7-23(18)34(21)25(29)24(27)28/h4-7,13-14,16,19,24-25,31-32H,8-12,15H2,1H3,(H,30,35). The summed E-state index contributed by atoms with van der Waals surface area (Å²) in [5, 5.41) is 9.66. The van der Waals surface area contributed by atoms with Gasteiger partial charge in [-0.05, 0) is 54.7 Å². The van der Waals surface area contributed by atoms with Crippen molar-refractivity contribution >= 4 is 22.5 Å². The summed E-state index contributed by atoms with van der Waals surface area (Å²) in [6.45, 7) is 2.27. The van der Waals surface area contributed by atoms with Crippen LogP contribution < -0.4 is 16.0 Å². The summed E-state index contributed by atoms with van der Waals surface area (Å²) < 4.78 is 47.5. The van der Waals surface area contributed by atoms with E-state index in [4.69, 9.17) is 4.74 Å². The van der Waals surface area contributed by atoms with E-state index in [1.54, 1.807) is 24.3 Å². The third kappa shape index (κ3) is 6.17. The van der Waals surface area contributed by atoms with Crippen LogP contribution in [0.3, 0.4) is 0 Å². The number of hydrogen-bond acceptors (Lipinski definition) is 5. The molecule has 0 spiro atoms. The van der Waals surface area contributed by atoms with Gasteiger partial charge in [-0.1, -0.05) is 12.0 Å². The third-order valence-electron chi connectivity index (χ3n) is 5.99. The average molecular weight is 500 g/mol. The third-order valence-corrected chi connectivity index (χ3v) is 5.99. The summed E-state index contributed by atoms with van der Waals surface area (Å²) in [6.07, 6.45) is -2.31. The maximum absolute atomic E-state index is 14.5. The highest BCUT2D eigenvalue weighted by Crippen LogP contribution is 2.29.